The number of benzene rings is 2. The topological polar surface area (TPSA) is 8.17 Å². The molecule has 2 aromatic carbocycles. The maximum Gasteiger partial charge on any atom is 0.0486 e. The molecule has 0 N–H and O–H groups in total. The fourth-order valence-corrected chi connectivity index (χ4v) is 4.79. The van der Waals surface area contributed by atoms with Crippen LogP contribution in [0.4, 0.5) is 0 Å². The Morgan fingerprint density at radius 1 is 0.963 bits per heavy atom. The number of hydrogen-bond donors (Lipinski definition) is 0. The molecule has 27 heavy (non-hydrogen) atoms. The normalized spacial score (nSPS) is 16.8. The average molecular weight is 361 g/mol. The Hall–Kier alpha value is -2.06. The first kappa shape index (κ1) is 18.3. The molecule has 142 valence electrons. The average Bonchev–Trinajstić information content (AvgIpc) is 3.11. The molecule has 1 aliphatic carbocycles. The van der Waals surface area contributed by atoms with E-state index in [1.54, 1.807) is 11.1 Å². The molecule has 1 aliphatic rings. The van der Waals surface area contributed by atoms with Crippen molar-refractivity contribution in [3.8, 4) is 0 Å². The minimum atomic E-state index is 0.709. The highest BCUT2D eigenvalue weighted by atomic mass is 15.1. The van der Waals surface area contributed by atoms with Crippen LogP contribution in [0.2, 0.25) is 0 Å². The minimum Gasteiger partial charge on any atom is -0.343 e. The predicted octanol–water partition coefficient (Wildman–Crippen LogP) is 5.67. The molecule has 0 saturated carbocycles. The quantitative estimate of drug-likeness (QED) is 0.527. The smallest absolute Gasteiger partial charge is 0.0486 e. The Labute approximate surface area is 163 Å². The predicted molar refractivity (Wildman–Crippen MR) is 115 cm³/mol. The van der Waals surface area contributed by atoms with Gasteiger partial charge in [-0.1, -0.05) is 50.2 Å². The van der Waals surface area contributed by atoms with E-state index in [1.165, 1.54) is 61.7 Å². The van der Waals surface area contributed by atoms with Gasteiger partial charge in [0.1, 0.15) is 0 Å². The van der Waals surface area contributed by atoms with Crippen LogP contribution < -0.4 is 0 Å². The molecule has 0 amide bonds. The van der Waals surface area contributed by atoms with E-state index in [2.05, 4.69) is 78.0 Å². The van der Waals surface area contributed by atoms with Crippen molar-refractivity contribution in [1.29, 1.82) is 0 Å². The lowest BCUT2D eigenvalue weighted by molar-refractivity contribution is 0.180. The van der Waals surface area contributed by atoms with Crippen LogP contribution in [0.1, 0.15) is 49.8 Å². The second-order valence-corrected chi connectivity index (χ2v) is 8.00. The van der Waals surface area contributed by atoms with E-state index < -0.39 is 0 Å². The van der Waals surface area contributed by atoms with Gasteiger partial charge < -0.3 is 9.47 Å². The molecule has 0 spiro atoms. The van der Waals surface area contributed by atoms with Gasteiger partial charge in [-0.3, -0.25) is 0 Å². The fourth-order valence-electron chi connectivity index (χ4n) is 4.79. The van der Waals surface area contributed by atoms with Crippen molar-refractivity contribution in [3.05, 3.63) is 71.4 Å². The van der Waals surface area contributed by atoms with E-state index in [4.69, 9.17) is 0 Å². The Kier molecular flexibility index (Phi) is 5.63. The van der Waals surface area contributed by atoms with Crippen LogP contribution in [0.15, 0.2) is 54.7 Å². The summed E-state index contributed by atoms with van der Waals surface area (Å²) in [5, 5.41) is 1.47. The van der Waals surface area contributed by atoms with Crippen LogP contribution in [0.3, 0.4) is 0 Å². The van der Waals surface area contributed by atoms with Crippen molar-refractivity contribution in [2.24, 2.45) is 0 Å². The van der Waals surface area contributed by atoms with Crippen molar-refractivity contribution in [3.63, 3.8) is 0 Å². The molecular weight excluding hydrogens is 328 g/mol. The van der Waals surface area contributed by atoms with Crippen LogP contribution in [-0.4, -0.2) is 28.6 Å². The summed E-state index contributed by atoms with van der Waals surface area (Å²) < 4.78 is 2.41. The molecule has 3 aromatic rings. The SMILES string of the molecule is CCCN(CCC)C1CCc2ccc3c(ccn3Cc3ccccc3)c2C1. The van der Waals surface area contributed by atoms with Gasteiger partial charge in [0.05, 0.1) is 0 Å². The highest BCUT2D eigenvalue weighted by Gasteiger charge is 2.25. The van der Waals surface area contributed by atoms with Gasteiger partial charge in [0.2, 0.25) is 0 Å². The van der Waals surface area contributed by atoms with Crippen LogP contribution in [-0.2, 0) is 19.4 Å². The standard InChI is InChI=1S/C25H32N2/c1-3-15-26(16-4-2)22-12-10-21-11-13-25-23(24(21)18-22)14-17-27(25)19-20-8-6-5-7-9-20/h5-9,11,13-14,17,22H,3-4,10,12,15-16,18-19H2,1-2H3. The molecule has 0 radical (unpaired) electrons. The van der Waals surface area contributed by atoms with Gasteiger partial charge >= 0.3 is 0 Å². The molecule has 0 aliphatic heterocycles. The first-order chi connectivity index (χ1) is 13.3. The largest absolute Gasteiger partial charge is 0.343 e. The minimum absolute atomic E-state index is 0.709. The first-order valence-corrected chi connectivity index (χ1v) is 10.7. The molecule has 4 rings (SSSR count). The monoisotopic (exact) mass is 360 g/mol. The molecule has 0 fully saturated rings. The Morgan fingerprint density at radius 3 is 2.48 bits per heavy atom. The van der Waals surface area contributed by atoms with E-state index in [-0.39, 0.29) is 0 Å². The number of hydrogen-bond acceptors (Lipinski definition) is 1. The van der Waals surface area contributed by atoms with Gasteiger partial charge in [-0.25, -0.2) is 0 Å². The highest BCUT2D eigenvalue weighted by molar-refractivity contribution is 5.85. The Morgan fingerprint density at radius 2 is 1.74 bits per heavy atom. The zero-order valence-corrected chi connectivity index (χ0v) is 16.8. The zero-order chi connectivity index (χ0) is 18.6. The number of rotatable bonds is 7. The molecular formula is C25H32N2. The molecule has 0 saturated heterocycles. The first-order valence-electron chi connectivity index (χ1n) is 10.7. The highest BCUT2D eigenvalue weighted by Crippen LogP contribution is 2.32. The van der Waals surface area contributed by atoms with Crippen LogP contribution >= 0.6 is 0 Å². The van der Waals surface area contributed by atoms with E-state index in [0.717, 1.165) is 6.54 Å². The third-order valence-corrected chi connectivity index (χ3v) is 6.08. The van der Waals surface area contributed by atoms with Crippen molar-refractivity contribution in [1.82, 2.24) is 9.47 Å². The molecule has 2 heteroatoms. The number of nitrogens with zero attached hydrogens (tertiary/aromatic N) is 2. The summed E-state index contributed by atoms with van der Waals surface area (Å²) in [6.45, 7) is 8.03. The fraction of sp³-hybridized carbons (Fsp3) is 0.440. The lowest BCUT2D eigenvalue weighted by Crippen LogP contribution is -2.40. The van der Waals surface area contributed by atoms with Crippen molar-refractivity contribution >= 4 is 10.9 Å². The second-order valence-electron chi connectivity index (χ2n) is 8.00. The molecule has 1 aromatic heterocycles. The van der Waals surface area contributed by atoms with Crippen molar-refractivity contribution < 1.29 is 0 Å². The molecule has 1 heterocycles. The maximum absolute atomic E-state index is 2.74. The summed E-state index contributed by atoms with van der Waals surface area (Å²) in [5.74, 6) is 0. The van der Waals surface area contributed by atoms with Gasteiger partial charge in [0.15, 0.2) is 0 Å². The molecule has 1 atom stereocenters. The van der Waals surface area contributed by atoms with Crippen molar-refractivity contribution in [2.45, 2.75) is 58.5 Å². The lowest BCUT2D eigenvalue weighted by Gasteiger charge is -2.35. The second kappa shape index (κ2) is 8.31. The Bertz CT molecular complexity index is 872. The van der Waals surface area contributed by atoms with E-state index in [1.807, 2.05) is 0 Å². The maximum atomic E-state index is 2.74. The summed E-state index contributed by atoms with van der Waals surface area (Å²) in [6.07, 6.45) is 8.52. The van der Waals surface area contributed by atoms with Gasteiger partial charge in [0.25, 0.3) is 0 Å². The summed E-state index contributed by atoms with van der Waals surface area (Å²) >= 11 is 0. The van der Waals surface area contributed by atoms with E-state index in [9.17, 15) is 0 Å². The van der Waals surface area contributed by atoms with E-state index in [0.29, 0.717) is 6.04 Å². The molecule has 2 nitrogen and oxygen atoms in total. The molecule has 0 bridgehead atoms. The van der Waals surface area contributed by atoms with Gasteiger partial charge in [-0.05, 0) is 74.0 Å². The summed E-state index contributed by atoms with van der Waals surface area (Å²) in [5.41, 5.74) is 5.93. The number of fused-ring (bicyclic) bond motifs is 3. The van der Waals surface area contributed by atoms with Crippen LogP contribution in [0.25, 0.3) is 10.9 Å². The van der Waals surface area contributed by atoms with E-state index >= 15 is 0 Å². The summed E-state index contributed by atoms with van der Waals surface area (Å²) in [7, 11) is 0. The summed E-state index contributed by atoms with van der Waals surface area (Å²) in [4.78, 5) is 2.74. The summed E-state index contributed by atoms with van der Waals surface area (Å²) in [6, 6.07) is 18.6. The third-order valence-electron chi connectivity index (χ3n) is 6.08. The number of aromatic nitrogens is 1. The Balaban J connectivity index is 1.63. The lowest BCUT2D eigenvalue weighted by atomic mass is 9.85. The van der Waals surface area contributed by atoms with Gasteiger partial charge in [-0.2, -0.15) is 0 Å². The van der Waals surface area contributed by atoms with Gasteiger partial charge in [0, 0.05) is 29.7 Å². The molecule has 1 unspecified atom stereocenters. The van der Waals surface area contributed by atoms with Gasteiger partial charge in [-0.15, -0.1) is 0 Å². The van der Waals surface area contributed by atoms with Crippen LogP contribution in [0.5, 0.6) is 0 Å². The number of aryl methyl sites for hydroxylation is 1. The third kappa shape index (κ3) is 3.82. The zero-order valence-electron chi connectivity index (χ0n) is 16.8. The van der Waals surface area contributed by atoms with Crippen molar-refractivity contribution in [2.75, 3.05) is 13.1 Å². The van der Waals surface area contributed by atoms with Crippen LogP contribution in [0, 0.1) is 0 Å².